The van der Waals surface area contributed by atoms with Gasteiger partial charge in [-0.1, -0.05) is 36.7 Å². The van der Waals surface area contributed by atoms with Crippen molar-refractivity contribution < 1.29 is 4.79 Å². The van der Waals surface area contributed by atoms with Crippen LogP contribution in [-0.2, 0) is 4.79 Å². The number of thioether (sulfide) groups is 1. The van der Waals surface area contributed by atoms with Gasteiger partial charge in [0, 0.05) is 6.04 Å². The number of carbonyl (C=O) groups is 1. The molecule has 0 radical (unpaired) electrons. The Labute approximate surface area is 133 Å². The predicted molar refractivity (Wildman–Crippen MR) is 89.5 cm³/mol. The van der Waals surface area contributed by atoms with Crippen molar-refractivity contribution in [2.75, 3.05) is 0 Å². The van der Waals surface area contributed by atoms with Crippen molar-refractivity contribution in [3.63, 3.8) is 0 Å². The van der Waals surface area contributed by atoms with E-state index in [1.165, 1.54) is 11.8 Å². The lowest BCUT2D eigenvalue weighted by Crippen LogP contribution is -2.27. The Morgan fingerprint density at radius 2 is 2.00 bits per heavy atom. The first kappa shape index (κ1) is 15.3. The highest BCUT2D eigenvalue weighted by Crippen LogP contribution is 2.33. The van der Waals surface area contributed by atoms with Crippen LogP contribution in [0.5, 0.6) is 0 Å². The molecule has 1 atom stereocenters. The van der Waals surface area contributed by atoms with Crippen molar-refractivity contribution in [2.45, 2.75) is 56.0 Å². The molecule has 0 saturated heterocycles. The van der Waals surface area contributed by atoms with Crippen molar-refractivity contribution in [2.24, 2.45) is 0 Å². The number of fused-ring (bicyclic) bond motifs is 1. The number of rotatable bonds is 4. The van der Waals surface area contributed by atoms with Gasteiger partial charge >= 0.3 is 0 Å². The molecule has 0 spiro atoms. The molecule has 1 aliphatic rings. The van der Waals surface area contributed by atoms with Gasteiger partial charge in [-0.2, -0.15) is 0 Å². The fourth-order valence-corrected chi connectivity index (χ4v) is 3.91. The molecule has 22 heavy (non-hydrogen) atoms. The lowest BCUT2D eigenvalue weighted by atomic mass is 10.2. The monoisotopic (exact) mass is 316 g/mol. The Morgan fingerprint density at radius 1 is 1.32 bits per heavy atom. The van der Waals surface area contributed by atoms with Crippen molar-refractivity contribution in [3.05, 3.63) is 34.6 Å². The third kappa shape index (κ3) is 2.82. The Bertz CT molecular complexity index is 763. The van der Waals surface area contributed by atoms with Crippen molar-refractivity contribution in [1.82, 2.24) is 9.55 Å². The second-order valence-electron chi connectivity index (χ2n) is 5.90. The number of benzene rings is 1. The van der Waals surface area contributed by atoms with E-state index < -0.39 is 0 Å². The van der Waals surface area contributed by atoms with Crippen LogP contribution in [0.4, 0.5) is 0 Å². The molecule has 0 unspecified atom stereocenters. The lowest BCUT2D eigenvalue weighted by molar-refractivity contribution is -0.116. The molecule has 1 aromatic carbocycles. The second-order valence-corrected chi connectivity index (χ2v) is 7.20. The number of ketones is 1. The van der Waals surface area contributed by atoms with E-state index in [-0.39, 0.29) is 22.6 Å². The van der Waals surface area contributed by atoms with E-state index in [1.54, 1.807) is 6.92 Å². The van der Waals surface area contributed by atoms with Gasteiger partial charge in [0.05, 0.1) is 16.2 Å². The molecular weight excluding hydrogens is 296 g/mol. The summed E-state index contributed by atoms with van der Waals surface area (Å²) in [7, 11) is 0. The average Bonchev–Trinajstić information content (AvgIpc) is 3.01. The van der Waals surface area contributed by atoms with E-state index >= 15 is 0 Å². The molecule has 1 saturated carbocycles. The minimum Gasteiger partial charge on any atom is -0.299 e. The predicted octanol–water partition coefficient (Wildman–Crippen LogP) is 3.58. The molecule has 0 N–H and O–H groups in total. The van der Waals surface area contributed by atoms with Gasteiger partial charge in [0.1, 0.15) is 5.78 Å². The zero-order chi connectivity index (χ0) is 15.7. The SMILES string of the molecule is CC(=O)[C@H](C)Sc1nc2ccccc2c(=O)n1C1CCCC1. The fourth-order valence-electron chi connectivity index (χ4n) is 2.93. The molecule has 1 fully saturated rings. The number of aromatic nitrogens is 2. The average molecular weight is 316 g/mol. The molecule has 2 aromatic rings. The second kappa shape index (κ2) is 6.24. The van der Waals surface area contributed by atoms with E-state index in [1.807, 2.05) is 35.8 Å². The number of para-hydroxylation sites is 1. The Kier molecular flexibility index (Phi) is 4.34. The quantitative estimate of drug-likeness (QED) is 0.639. The van der Waals surface area contributed by atoms with Crippen LogP contribution in [0.25, 0.3) is 10.9 Å². The summed E-state index contributed by atoms with van der Waals surface area (Å²) >= 11 is 1.40. The molecule has 1 heterocycles. The van der Waals surface area contributed by atoms with Crippen LogP contribution < -0.4 is 5.56 Å². The van der Waals surface area contributed by atoms with E-state index in [4.69, 9.17) is 0 Å². The molecule has 1 aliphatic carbocycles. The molecule has 0 amide bonds. The number of Topliss-reactive ketones (excluding diaryl/α,β-unsaturated/α-hetero) is 1. The zero-order valence-electron chi connectivity index (χ0n) is 12.9. The number of nitrogens with zero attached hydrogens (tertiary/aromatic N) is 2. The molecule has 0 aliphatic heterocycles. The van der Waals surface area contributed by atoms with Crippen LogP contribution in [0.1, 0.15) is 45.6 Å². The van der Waals surface area contributed by atoms with Gasteiger partial charge < -0.3 is 0 Å². The minimum absolute atomic E-state index is 0.0238. The molecular formula is C17H20N2O2S. The topological polar surface area (TPSA) is 52.0 Å². The number of hydrogen-bond donors (Lipinski definition) is 0. The van der Waals surface area contributed by atoms with E-state index in [2.05, 4.69) is 4.98 Å². The van der Waals surface area contributed by atoms with Gasteiger partial charge in [-0.15, -0.1) is 0 Å². The third-order valence-electron chi connectivity index (χ3n) is 4.32. The zero-order valence-corrected chi connectivity index (χ0v) is 13.7. The van der Waals surface area contributed by atoms with E-state index in [9.17, 15) is 9.59 Å². The summed E-state index contributed by atoms with van der Waals surface area (Å²) in [6, 6.07) is 7.66. The standard InChI is InChI=1S/C17H20N2O2S/c1-11(20)12(2)22-17-18-15-10-6-5-9-14(15)16(21)19(17)13-7-3-4-8-13/h5-6,9-10,12-13H,3-4,7-8H2,1-2H3/t12-/m0/s1. The maximum Gasteiger partial charge on any atom is 0.262 e. The molecule has 0 bridgehead atoms. The summed E-state index contributed by atoms with van der Waals surface area (Å²) in [5.74, 6) is 0.102. The highest BCUT2D eigenvalue weighted by Gasteiger charge is 2.24. The van der Waals surface area contributed by atoms with E-state index in [0.717, 1.165) is 25.7 Å². The van der Waals surface area contributed by atoms with Crippen LogP contribution in [-0.4, -0.2) is 20.6 Å². The van der Waals surface area contributed by atoms with Crippen LogP contribution >= 0.6 is 11.8 Å². The largest absolute Gasteiger partial charge is 0.299 e. The first-order valence-corrected chi connectivity index (χ1v) is 8.64. The third-order valence-corrected chi connectivity index (χ3v) is 5.50. The highest BCUT2D eigenvalue weighted by atomic mass is 32.2. The summed E-state index contributed by atoms with van der Waals surface area (Å²) in [4.78, 5) is 29.2. The maximum atomic E-state index is 12.9. The van der Waals surface area contributed by atoms with Gasteiger partial charge in [0.15, 0.2) is 5.16 Å². The molecule has 3 rings (SSSR count). The Balaban J connectivity index is 2.16. The minimum atomic E-state index is -0.194. The molecule has 1 aromatic heterocycles. The summed E-state index contributed by atoms with van der Waals surface area (Å²) in [5, 5.41) is 1.15. The first-order chi connectivity index (χ1) is 10.6. The van der Waals surface area contributed by atoms with Crippen molar-refractivity contribution >= 4 is 28.4 Å². The summed E-state index contributed by atoms with van der Waals surface area (Å²) < 4.78 is 1.83. The van der Waals surface area contributed by atoms with Gasteiger partial charge in [-0.3, -0.25) is 14.2 Å². The smallest absolute Gasteiger partial charge is 0.262 e. The number of carbonyl (C=O) groups excluding carboxylic acids is 1. The van der Waals surface area contributed by atoms with Crippen LogP contribution in [0.2, 0.25) is 0 Å². The first-order valence-electron chi connectivity index (χ1n) is 7.76. The fraction of sp³-hybridized carbons (Fsp3) is 0.471. The molecule has 116 valence electrons. The van der Waals surface area contributed by atoms with Crippen LogP contribution in [0.3, 0.4) is 0 Å². The molecule has 5 heteroatoms. The Hall–Kier alpha value is -1.62. The lowest BCUT2D eigenvalue weighted by Gasteiger charge is -2.19. The van der Waals surface area contributed by atoms with Gasteiger partial charge in [-0.05, 0) is 38.8 Å². The van der Waals surface area contributed by atoms with Crippen LogP contribution in [0, 0.1) is 0 Å². The summed E-state index contributed by atoms with van der Waals surface area (Å²) in [6.45, 7) is 3.45. The van der Waals surface area contributed by atoms with Gasteiger partial charge in [-0.25, -0.2) is 4.98 Å². The summed E-state index contributed by atoms with van der Waals surface area (Å²) in [6.07, 6.45) is 4.33. The van der Waals surface area contributed by atoms with Crippen molar-refractivity contribution in [1.29, 1.82) is 0 Å². The highest BCUT2D eigenvalue weighted by molar-refractivity contribution is 8.00. The van der Waals surface area contributed by atoms with Gasteiger partial charge in [0.2, 0.25) is 0 Å². The number of hydrogen-bond acceptors (Lipinski definition) is 4. The Morgan fingerprint density at radius 3 is 2.68 bits per heavy atom. The molecule has 4 nitrogen and oxygen atoms in total. The van der Waals surface area contributed by atoms with Crippen LogP contribution in [0.15, 0.2) is 34.2 Å². The maximum absolute atomic E-state index is 12.9. The normalized spacial score (nSPS) is 17.0. The van der Waals surface area contributed by atoms with Crippen molar-refractivity contribution in [3.8, 4) is 0 Å². The summed E-state index contributed by atoms with van der Waals surface area (Å²) in [5.41, 5.74) is 0.732. The van der Waals surface area contributed by atoms with E-state index in [0.29, 0.717) is 16.1 Å². The van der Waals surface area contributed by atoms with Gasteiger partial charge in [0.25, 0.3) is 5.56 Å².